The zero-order valence-electron chi connectivity index (χ0n) is 15.0. The van der Waals surface area contributed by atoms with E-state index in [-0.39, 0.29) is 23.9 Å². The highest BCUT2D eigenvalue weighted by Gasteiger charge is 2.49. The lowest BCUT2D eigenvalue weighted by Gasteiger charge is -2.56. The van der Waals surface area contributed by atoms with E-state index >= 15 is 0 Å². The Morgan fingerprint density at radius 2 is 2.08 bits per heavy atom. The highest BCUT2D eigenvalue weighted by atomic mass is 32.2. The summed E-state index contributed by atoms with van der Waals surface area (Å²) in [6, 6.07) is 6.06. The molecular weight excluding hydrogens is 352 g/mol. The molecule has 7 nitrogen and oxygen atoms in total. The van der Waals surface area contributed by atoms with Gasteiger partial charge in [0.1, 0.15) is 5.82 Å². The minimum absolute atomic E-state index is 0.0784. The van der Waals surface area contributed by atoms with Crippen molar-refractivity contribution in [2.24, 2.45) is 11.8 Å². The molecule has 3 aliphatic heterocycles. The van der Waals surface area contributed by atoms with Crippen LogP contribution in [0.2, 0.25) is 0 Å². The second-order valence-electron chi connectivity index (χ2n) is 7.80. The molecule has 0 radical (unpaired) electrons. The smallest absolute Gasteiger partial charge is 0.223 e. The molecule has 3 saturated heterocycles. The van der Waals surface area contributed by atoms with Gasteiger partial charge in [-0.25, -0.2) is 18.1 Å². The van der Waals surface area contributed by atoms with Gasteiger partial charge in [0.2, 0.25) is 15.9 Å². The summed E-state index contributed by atoms with van der Waals surface area (Å²) in [7, 11) is -3.29. The third kappa shape index (κ3) is 3.44. The van der Waals surface area contributed by atoms with E-state index in [9.17, 15) is 13.2 Å². The van der Waals surface area contributed by atoms with Crippen molar-refractivity contribution in [3.05, 3.63) is 24.4 Å². The monoisotopic (exact) mass is 378 g/mol. The van der Waals surface area contributed by atoms with Crippen molar-refractivity contribution in [1.82, 2.24) is 14.6 Å². The van der Waals surface area contributed by atoms with E-state index in [1.165, 1.54) is 6.26 Å². The van der Waals surface area contributed by atoms with Crippen LogP contribution >= 0.6 is 0 Å². The Labute approximate surface area is 154 Å². The largest absolute Gasteiger partial charge is 0.356 e. The predicted octanol–water partition coefficient (Wildman–Crippen LogP) is 0.837. The van der Waals surface area contributed by atoms with Crippen molar-refractivity contribution in [3.63, 3.8) is 0 Å². The Kier molecular flexibility index (Phi) is 4.64. The van der Waals surface area contributed by atoms with Gasteiger partial charge in [-0.3, -0.25) is 4.79 Å². The number of amides is 1. The SMILES string of the molecule is CS(=O)(=O)NC[C@H]1[C@H]2C[C@H](CN(c3ccccn3)C2)[C@@H]2CCCC(=O)N21. The molecule has 4 heterocycles. The van der Waals surface area contributed by atoms with E-state index in [4.69, 9.17) is 0 Å². The van der Waals surface area contributed by atoms with E-state index in [0.29, 0.717) is 18.9 Å². The summed E-state index contributed by atoms with van der Waals surface area (Å²) in [5, 5.41) is 0. The van der Waals surface area contributed by atoms with Crippen molar-refractivity contribution < 1.29 is 13.2 Å². The normalized spacial score (nSPS) is 31.7. The number of piperidine rings is 3. The molecule has 1 amide bonds. The van der Waals surface area contributed by atoms with Gasteiger partial charge in [0.15, 0.2) is 0 Å². The number of carbonyl (C=O) groups excluding carboxylic acids is 1. The number of hydrogen-bond acceptors (Lipinski definition) is 5. The van der Waals surface area contributed by atoms with Crippen LogP contribution in [0.4, 0.5) is 5.82 Å². The first kappa shape index (κ1) is 17.7. The van der Waals surface area contributed by atoms with Crippen LogP contribution in [0.1, 0.15) is 25.7 Å². The van der Waals surface area contributed by atoms with Gasteiger partial charge in [0.25, 0.3) is 0 Å². The number of anilines is 1. The Balaban J connectivity index is 1.62. The summed E-state index contributed by atoms with van der Waals surface area (Å²) in [4.78, 5) is 21.5. The number of aromatic nitrogens is 1. The van der Waals surface area contributed by atoms with Crippen LogP contribution in [0.15, 0.2) is 24.4 Å². The molecule has 1 aromatic heterocycles. The second-order valence-corrected chi connectivity index (χ2v) is 9.63. The molecule has 0 aromatic carbocycles. The van der Waals surface area contributed by atoms with Crippen LogP contribution in [0.3, 0.4) is 0 Å². The number of sulfonamides is 1. The zero-order valence-corrected chi connectivity index (χ0v) is 15.9. The van der Waals surface area contributed by atoms with Crippen LogP contribution in [0, 0.1) is 11.8 Å². The van der Waals surface area contributed by atoms with Crippen LogP contribution in [-0.2, 0) is 14.8 Å². The van der Waals surface area contributed by atoms with Gasteiger partial charge in [-0.15, -0.1) is 0 Å². The quantitative estimate of drug-likeness (QED) is 0.839. The number of rotatable bonds is 4. The van der Waals surface area contributed by atoms with Crippen molar-refractivity contribution >= 4 is 21.7 Å². The average Bonchev–Trinajstić information content (AvgIpc) is 2.62. The molecule has 3 aliphatic rings. The van der Waals surface area contributed by atoms with Gasteiger partial charge in [0, 0.05) is 38.3 Å². The molecule has 4 rings (SSSR count). The summed E-state index contributed by atoms with van der Waals surface area (Å²) in [6.45, 7) is 2.02. The molecular formula is C18H26N4O3S. The van der Waals surface area contributed by atoms with Gasteiger partial charge >= 0.3 is 0 Å². The van der Waals surface area contributed by atoms with E-state index in [1.54, 1.807) is 6.20 Å². The van der Waals surface area contributed by atoms with Crippen molar-refractivity contribution in [1.29, 1.82) is 0 Å². The van der Waals surface area contributed by atoms with E-state index in [0.717, 1.165) is 38.2 Å². The fourth-order valence-electron chi connectivity index (χ4n) is 5.00. The number of hydrogen-bond donors (Lipinski definition) is 1. The van der Waals surface area contributed by atoms with Crippen LogP contribution in [0.25, 0.3) is 0 Å². The van der Waals surface area contributed by atoms with Gasteiger partial charge < -0.3 is 9.80 Å². The summed E-state index contributed by atoms with van der Waals surface area (Å²) >= 11 is 0. The maximum absolute atomic E-state index is 12.7. The number of pyridine rings is 1. The third-order valence-electron chi connectivity index (χ3n) is 6.02. The van der Waals surface area contributed by atoms with Crippen LogP contribution < -0.4 is 9.62 Å². The molecule has 0 saturated carbocycles. The maximum atomic E-state index is 12.7. The van der Waals surface area contributed by atoms with Gasteiger partial charge in [-0.2, -0.15) is 0 Å². The summed E-state index contributed by atoms with van der Waals surface area (Å²) in [6.07, 6.45) is 6.54. The molecule has 26 heavy (non-hydrogen) atoms. The highest BCUT2D eigenvalue weighted by molar-refractivity contribution is 7.88. The third-order valence-corrected chi connectivity index (χ3v) is 6.72. The summed E-state index contributed by atoms with van der Waals surface area (Å²) in [5.74, 6) is 1.83. The molecule has 142 valence electrons. The first-order valence-electron chi connectivity index (χ1n) is 9.34. The zero-order chi connectivity index (χ0) is 18.3. The fraction of sp³-hybridized carbons (Fsp3) is 0.667. The minimum atomic E-state index is -3.29. The maximum Gasteiger partial charge on any atom is 0.223 e. The van der Waals surface area contributed by atoms with Crippen LogP contribution in [-0.4, -0.2) is 62.2 Å². The molecule has 2 bridgehead atoms. The summed E-state index contributed by atoms with van der Waals surface area (Å²) < 4.78 is 25.9. The molecule has 4 atom stereocenters. The molecule has 0 unspecified atom stereocenters. The number of carbonyl (C=O) groups is 1. The lowest BCUT2D eigenvalue weighted by atomic mass is 9.72. The Bertz CT molecular complexity index is 770. The molecule has 8 heteroatoms. The standard InChI is InChI=1S/C18H26N4O3S/c1-26(24,25)20-10-16-14-9-13(15-5-4-7-18(23)22(15)16)11-21(12-14)17-6-2-3-8-19-17/h2-3,6,8,13-16,20H,4-5,7,9-12H2,1H3/t13-,14+,15+,16+/m1/s1. The number of fused-ring (bicyclic) bond motifs is 4. The van der Waals surface area contributed by atoms with Crippen LogP contribution in [0.5, 0.6) is 0 Å². The fourth-order valence-corrected chi connectivity index (χ4v) is 5.48. The predicted molar refractivity (Wildman–Crippen MR) is 99.2 cm³/mol. The Morgan fingerprint density at radius 1 is 1.27 bits per heavy atom. The van der Waals surface area contributed by atoms with Crippen molar-refractivity contribution in [2.75, 3.05) is 30.8 Å². The Morgan fingerprint density at radius 3 is 2.81 bits per heavy atom. The average molecular weight is 378 g/mol. The van der Waals surface area contributed by atoms with Crippen molar-refractivity contribution in [2.45, 2.75) is 37.8 Å². The van der Waals surface area contributed by atoms with Gasteiger partial charge in [0.05, 0.1) is 12.3 Å². The van der Waals surface area contributed by atoms with E-state index in [1.807, 2.05) is 23.1 Å². The first-order chi connectivity index (χ1) is 12.4. The highest BCUT2D eigenvalue weighted by Crippen LogP contribution is 2.42. The Hall–Kier alpha value is -1.67. The lowest BCUT2D eigenvalue weighted by molar-refractivity contribution is -0.148. The van der Waals surface area contributed by atoms with E-state index in [2.05, 4.69) is 14.6 Å². The van der Waals surface area contributed by atoms with E-state index < -0.39 is 10.0 Å². The number of nitrogens with one attached hydrogen (secondary N) is 1. The molecule has 1 aromatic rings. The van der Waals surface area contributed by atoms with Crippen molar-refractivity contribution in [3.8, 4) is 0 Å². The second kappa shape index (κ2) is 6.81. The topological polar surface area (TPSA) is 82.6 Å². The minimum Gasteiger partial charge on any atom is -0.356 e. The summed E-state index contributed by atoms with van der Waals surface area (Å²) in [5.41, 5.74) is 0. The molecule has 1 N–H and O–H groups in total. The number of nitrogens with zero attached hydrogens (tertiary/aromatic N) is 3. The molecule has 0 aliphatic carbocycles. The molecule has 0 spiro atoms. The van der Waals surface area contributed by atoms with Gasteiger partial charge in [-0.1, -0.05) is 6.07 Å². The lowest BCUT2D eigenvalue weighted by Crippen LogP contribution is -2.67. The first-order valence-corrected chi connectivity index (χ1v) is 11.2. The van der Waals surface area contributed by atoms with Gasteiger partial charge in [-0.05, 0) is 43.2 Å². The molecule has 3 fully saturated rings.